The van der Waals surface area contributed by atoms with Crippen molar-refractivity contribution in [3.05, 3.63) is 41.9 Å². The van der Waals surface area contributed by atoms with Crippen molar-refractivity contribution in [2.45, 2.75) is 58.2 Å². The zero-order valence-corrected chi connectivity index (χ0v) is 19.1. The number of ether oxygens (including phenoxy) is 1. The van der Waals surface area contributed by atoms with Crippen LogP contribution in [0.2, 0.25) is 0 Å². The number of rotatable bonds is 9. The number of aromatic nitrogens is 2. The number of carbonyl (C=O) groups is 1. The van der Waals surface area contributed by atoms with Gasteiger partial charge in [-0.15, -0.1) is 0 Å². The van der Waals surface area contributed by atoms with Crippen molar-refractivity contribution in [1.82, 2.24) is 15.3 Å². The summed E-state index contributed by atoms with van der Waals surface area (Å²) in [7, 11) is 0. The number of hydrogen-bond donors (Lipinski definition) is 2. The molecular formula is C23H30F3N5O2. The van der Waals surface area contributed by atoms with E-state index >= 15 is 0 Å². The van der Waals surface area contributed by atoms with Crippen molar-refractivity contribution in [2.24, 2.45) is 10.7 Å². The van der Waals surface area contributed by atoms with Crippen LogP contribution in [0.15, 0.2) is 35.6 Å². The lowest BCUT2D eigenvalue weighted by Crippen LogP contribution is -2.32. The van der Waals surface area contributed by atoms with Gasteiger partial charge in [-0.3, -0.25) is 9.98 Å². The molecule has 1 heterocycles. The van der Waals surface area contributed by atoms with Gasteiger partial charge >= 0.3 is 12.3 Å². The maximum Gasteiger partial charge on any atom is 0.418 e. The highest BCUT2D eigenvalue weighted by molar-refractivity contribution is 6.09. The minimum absolute atomic E-state index is 0.156. The van der Waals surface area contributed by atoms with Crippen molar-refractivity contribution in [3.63, 3.8) is 0 Å². The average Bonchev–Trinajstić information content (AvgIpc) is 2.72. The van der Waals surface area contributed by atoms with Gasteiger partial charge in [0, 0.05) is 31.1 Å². The number of nitrogens with one attached hydrogen (secondary N) is 1. The highest BCUT2D eigenvalue weighted by Gasteiger charge is 2.33. The highest BCUT2D eigenvalue weighted by atomic mass is 19.4. The molecule has 0 saturated heterocycles. The Morgan fingerprint density at radius 3 is 2.58 bits per heavy atom. The lowest BCUT2D eigenvalue weighted by atomic mass is 10.1. The van der Waals surface area contributed by atoms with E-state index in [-0.39, 0.29) is 16.7 Å². The summed E-state index contributed by atoms with van der Waals surface area (Å²) in [5, 5.41) is 2.71. The Labute approximate surface area is 191 Å². The number of alkyl carbamates (subject to hydrolysis) is 1. The van der Waals surface area contributed by atoms with Crippen molar-refractivity contribution >= 4 is 28.9 Å². The molecular weight excluding hydrogens is 435 g/mol. The van der Waals surface area contributed by atoms with E-state index < -0.39 is 23.4 Å². The van der Waals surface area contributed by atoms with Crippen molar-refractivity contribution in [3.8, 4) is 0 Å². The quantitative estimate of drug-likeness (QED) is 0.396. The van der Waals surface area contributed by atoms with Gasteiger partial charge in [0.25, 0.3) is 0 Å². The number of nitrogens with zero attached hydrogens (tertiary/aromatic N) is 3. The number of amides is 1. The van der Waals surface area contributed by atoms with Crippen LogP contribution in [0.3, 0.4) is 0 Å². The van der Waals surface area contributed by atoms with E-state index in [1.54, 1.807) is 0 Å². The normalized spacial score (nSPS) is 13.0. The summed E-state index contributed by atoms with van der Waals surface area (Å²) < 4.78 is 45.0. The number of para-hydroxylation sites is 1. The van der Waals surface area contributed by atoms with Crippen LogP contribution in [0.25, 0.3) is 16.6 Å². The van der Waals surface area contributed by atoms with Crippen LogP contribution in [-0.4, -0.2) is 41.0 Å². The van der Waals surface area contributed by atoms with Crippen LogP contribution < -0.4 is 11.1 Å². The molecule has 0 aliphatic heterocycles. The van der Waals surface area contributed by atoms with E-state index in [0.717, 1.165) is 31.7 Å². The van der Waals surface area contributed by atoms with Crippen LogP contribution >= 0.6 is 0 Å². The Balaban J connectivity index is 1.82. The fourth-order valence-electron chi connectivity index (χ4n) is 2.94. The number of nitrogens with two attached hydrogens (primary N) is 1. The Hall–Kier alpha value is -3.17. The summed E-state index contributed by atoms with van der Waals surface area (Å²) in [4.78, 5) is 24.1. The Kier molecular flexibility index (Phi) is 9.19. The van der Waals surface area contributed by atoms with E-state index in [1.807, 2.05) is 20.8 Å². The zero-order valence-electron chi connectivity index (χ0n) is 19.1. The minimum Gasteiger partial charge on any atom is -0.444 e. The predicted octanol–water partition coefficient (Wildman–Crippen LogP) is 5.10. The molecule has 0 saturated carbocycles. The summed E-state index contributed by atoms with van der Waals surface area (Å²) in [6.45, 7) is 6.50. The van der Waals surface area contributed by atoms with E-state index in [4.69, 9.17) is 10.5 Å². The first-order valence-corrected chi connectivity index (χ1v) is 10.7. The molecule has 10 heteroatoms. The standard InChI is InChI=1S/C23H30F3N5O2/c1-22(2,3)33-21(32)29-12-7-5-4-6-11-28-14-16(13-27)19-15-30-18-10-8-9-17(20(18)31-19)23(24,25)26/h8-10,13-15H,4-7,11-12,27H2,1-3H3,(H,29,32). The lowest BCUT2D eigenvalue weighted by molar-refractivity contribution is -0.136. The first-order chi connectivity index (χ1) is 15.5. The van der Waals surface area contributed by atoms with E-state index in [2.05, 4.69) is 20.3 Å². The number of fused-ring (bicyclic) bond motifs is 1. The fraction of sp³-hybridized carbons (Fsp3) is 0.478. The van der Waals surface area contributed by atoms with Crippen LogP contribution in [-0.2, 0) is 10.9 Å². The largest absolute Gasteiger partial charge is 0.444 e. The maximum atomic E-state index is 13.3. The monoisotopic (exact) mass is 465 g/mol. The summed E-state index contributed by atoms with van der Waals surface area (Å²) in [6, 6.07) is 3.75. The number of halogens is 3. The van der Waals surface area contributed by atoms with Gasteiger partial charge < -0.3 is 15.8 Å². The van der Waals surface area contributed by atoms with Gasteiger partial charge in [0.05, 0.1) is 23.0 Å². The van der Waals surface area contributed by atoms with Gasteiger partial charge in [-0.25, -0.2) is 9.78 Å². The molecule has 33 heavy (non-hydrogen) atoms. The average molecular weight is 466 g/mol. The number of hydrogen-bond acceptors (Lipinski definition) is 6. The smallest absolute Gasteiger partial charge is 0.418 e. The molecule has 0 aliphatic carbocycles. The zero-order chi connectivity index (χ0) is 24.5. The Morgan fingerprint density at radius 2 is 1.91 bits per heavy atom. The third-order valence-electron chi connectivity index (χ3n) is 4.47. The minimum atomic E-state index is -4.53. The fourth-order valence-corrected chi connectivity index (χ4v) is 2.94. The summed E-state index contributed by atoms with van der Waals surface area (Å²) in [5.74, 6) is 0. The van der Waals surface area contributed by atoms with Crippen molar-refractivity contribution in [2.75, 3.05) is 13.1 Å². The third kappa shape index (κ3) is 8.70. The van der Waals surface area contributed by atoms with Crippen LogP contribution in [0.4, 0.5) is 18.0 Å². The van der Waals surface area contributed by atoms with Gasteiger partial charge in [-0.05, 0) is 45.7 Å². The van der Waals surface area contributed by atoms with Crippen LogP contribution in [0, 0.1) is 0 Å². The first kappa shape index (κ1) is 26.1. The molecule has 1 aromatic heterocycles. The van der Waals surface area contributed by atoms with Gasteiger partial charge in [-0.1, -0.05) is 18.9 Å². The molecule has 0 aliphatic rings. The predicted molar refractivity (Wildman–Crippen MR) is 123 cm³/mol. The number of unbranched alkanes of at least 4 members (excludes halogenated alkanes) is 3. The molecule has 3 N–H and O–H groups in total. The lowest BCUT2D eigenvalue weighted by Gasteiger charge is -2.19. The number of carbonyl (C=O) groups excluding carboxylic acids is 1. The number of alkyl halides is 3. The van der Waals surface area contributed by atoms with Gasteiger partial charge in [0.1, 0.15) is 11.1 Å². The summed E-state index contributed by atoms with van der Waals surface area (Å²) >= 11 is 0. The summed E-state index contributed by atoms with van der Waals surface area (Å²) in [6.07, 6.45) is 2.65. The molecule has 2 aromatic rings. The second-order valence-electron chi connectivity index (χ2n) is 8.43. The van der Waals surface area contributed by atoms with Crippen molar-refractivity contribution < 1.29 is 22.7 Å². The molecule has 1 aromatic carbocycles. The molecule has 0 radical (unpaired) electrons. The molecule has 180 valence electrons. The molecule has 0 unspecified atom stereocenters. The third-order valence-corrected chi connectivity index (χ3v) is 4.47. The molecule has 0 spiro atoms. The number of benzene rings is 1. The molecule has 0 atom stereocenters. The molecule has 0 fully saturated rings. The van der Waals surface area contributed by atoms with E-state index in [9.17, 15) is 18.0 Å². The Bertz CT molecular complexity index is 998. The second-order valence-corrected chi connectivity index (χ2v) is 8.43. The van der Waals surface area contributed by atoms with E-state index in [1.165, 1.54) is 30.7 Å². The van der Waals surface area contributed by atoms with Crippen LogP contribution in [0.1, 0.15) is 57.7 Å². The maximum absolute atomic E-state index is 13.3. The molecule has 1 amide bonds. The van der Waals surface area contributed by atoms with E-state index in [0.29, 0.717) is 18.7 Å². The van der Waals surface area contributed by atoms with Gasteiger partial charge in [0.15, 0.2) is 0 Å². The Morgan fingerprint density at radius 1 is 1.18 bits per heavy atom. The topological polar surface area (TPSA) is 102 Å². The highest BCUT2D eigenvalue weighted by Crippen LogP contribution is 2.33. The van der Waals surface area contributed by atoms with Crippen LogP contribution in [0.5, 0.6) is 0 Å². The first-order valence-electron chi connectivity index (χ1n) is 10.7. The number of allylic oxidation sites excluding steroid dienone is 1. The SMILES string of the molecule is CC(C)(C)OC(=O)NCCCCCCN=CC(=CN)c1cnc2cccc(C(F)(F)F)c2n1. The van der Waals surface area contributed by atoms with Crippen molar-refractivity contribution in [1.29, 1.82) is 0 Å². The van der Waals surface area contributed by atoms with Gasteiger partial charge in [0.2, 0.25) is 0 Å². The molecule has 0 bridgehead atoms. The van der Waals surface area contributed by atoms with Gasteiger partial charge in [-0.2, -0.15) is 13.2 Å². The molecule has 7 nitrogen and oxygen atoms in total. The number of aliphatic imine (C=N–C) groups is 1. The summed E-state index contributed by atoms with van der Waals surface area (Å²) in [5.41, 5.74) is 4.83. The second kappa shape index (κ2) is 11.6. The molecule has 2 rings (SSSR count).